The number of nitriles is 1. The number of carbonyl (C=O) groups excluding carboxylic acids is 2. The maximum atomic E-state index is 13.9. The van der Waals surface area contributed by atoms with E-state index in [9.17, 15) is 20.0 Å². The Kier molecular flexibility index (Phi) is 5.41. The Morgan fingerprint density at radius 3 is 2.69 bits per heavy atom. The first-order valence-corrected chi connectivity index (χ1v) is 10.4. The number of likely N-dealkylation sites (N-methyl/N-ethyl adjacent to an activating group) is 1. The van der Waals surface area contributed by atoms with Gasteiger partial charge in [0.15, 0.2) is 5.54 Å². The van der Waals surface area contributed by atoms with E-state index in [0.717, 1.165) is 5.56 Å². The molecule has 8 nitrogen and oxygen atoms in total. The van der Waals surface area contributed by atoms with Crippen molar-refractivity contribution in [2.75, 3.05) is 33.1 Å². The molecular formula is C24H26N4O4. The summed E-state index contributed by atoms with van der Waals surface area (Å²) in [6.07, 6.45) is -0.583. The van der Waals surface area contributed by atoms with Crippen LogP contribution in [0.1, 0.15) is 28.7 Å². The lowest BCUT2D eigenvalue weighted by Crippen LogP contribution is -2.57. The first-order valence-electron chi connectivity index (χ1n) is 10.4. The van der Waals surface area contributed by atoms with Crippen LogP contribution in [0.25, 0.3) is 0 Å². The Labute approximate surface area is 187 Å². The summed E-state index contributed by atoms with van der Waals surface area (Å²) in [6, 6.07) is 12.0. The number of carbonyl (C=O) groups is 2. The van der Waals surface area contributed by atoms with Crippen LogP contribution in [0.5, 0.6) is 5.75 Å². The minimum atomic E-state index is -1.45. The van der Waals surface area contributed by atoms with E-state index < -0.39 is 17.7 Å². The average molecular weight is 434 g/mol. The number of hydrogen-bond acceptors (Lipinski definition) is 6. The molecule has 0 aliphatic carbocycles. The van der Waals surface area contributed by atoms with Crippen LogP contribution in [0.3, 0.4) is 0 Å². The van der Waals surface area contributed by atoms with Crippen LogP contribution in [0.4, 0.5) is 5.69 Å². The number of anilines is 1. The summed E-state index contributed by atoms with van der Waals surface area (Å²) in [4.78, 5) is 30.3. The molecule has 1 unspecified atom stereocenters. The van der Waals surface area contributed by atoms with Crippen molar-refractivity contribution in [3.8, 4) is 11.8 Å². The number of aryl methyl sites for hydroxylation is 1. The lowest BCUT2D eigenvalue weighted by molar-refractivity contribution is -0.138. The van der Waals surface area contributed by atoms with E-state index in [1.54, 1.807) is 43.3 Å². The number of amides is 2. The van der Waals surface area contributed by atoms with Crippen molar-refractivity contribution in [2.24, 2.45) is 0 Å². The zero-order chi connectivity index (χ0) is 23.2. The van der Waals surface area contributed by atoms with Crippen molar-refractivity contribution in [1.29, 1.82) is 5.26 Å². The molecule has 0 aromatic heterocycles. The number of aliphatic hydroxyl groups is 1. The van der Waals surface area contributed by atoms with Crippen molar-refractivity contribution in [3.05, 3.63) is 58.7 Å². The van der Waals surface area contributed by atoms with Crippen molar-refractivity contribution < 1.29 is 19.4 Å². The highest BCUT2D eigenvalue weighted by Gasteiger charge is 2.59. The van der Waals surface area contributed by atoms with Crippen LogP contribution in [-0.4, -0.2) is 66.6 Å². The monoisotopic (exact) mass is 434 g/mol. The summed E-state index contributed by atoms with van der Waals surface area (Å²) in [7, 11) is 4.84. The van der Waals surface area contributed by atoms with Gasteiger partial charge in [0.1, 0.15) is 5.75 Å². The van der Waals surface area contributed by atoms with E-state index in [4.69, 9.17) is 4.74 Å². The molecule has 1 saturated heterocycles. The van der Waals surface area contributed by atoms with Gasteiger partial charge in [0.25, 0.3) is 5.91 Å². The standard InChI is InChI=1S/C24H26N4O4/c1-14-5-8-21(32-4)18(9-14)24(28-13-16(29)11-20(28)22(30)27(2)3)17-10-15(12-25)6-7-19(17)26-23(24)31/h5-10,16,20,29H,11,13H2,1-4H3,(H,26,31)/t16-,20+,24?/m1/s1. The number of methoxy groups -OCH3 is 1. The molecule has 3 atom stereocenters. The second-order valence-electron chi connectivity index (χ2n) is 8.53. The van der Waals surface area contributed by atoms with Gasteiger partial charge in [-0.3, -0.25) is 14.5 Å². The van der Waals surface area contributed by atoms with Gasteiger partial charge in [0, 0.05) is 37.5 Å². The molecule has 0 radical (unpaired) electrons. The van der Waals surface area contributed by atoms with Gasteiger partial charge in [0.2, 0.25) is 5.91 Å². The lowest BCUT2D eigenvalue weighted by atomic mass is 9.79. The lowest BCUT2D eigenvalue weighted by Gasteiger charge is -2.41. The molecule has 8 heteroatoms. The zero-order valence-electron chi connectivity index (χ0n) is 18.5. The molecule has 2 N–H and O–H groups in total. The molecule has 2 aliphatic rings. The summed E-state index contributed by atoms with van der Waals surface area (Å²) in [5.41, 5.74) is 1.55. The van der Waals surface area contributed by atoms with Crippen molar-refractivity contribution in [3.63, 3.8) is 0 Å². The molecule has 4 rings (SSSR count). The average Bonchev–Trinajstić information content (AvgIpc) is 3.29. The fourth-order valence-corrected chi connectivity index (χ4v) is 4.89. The Morgan fingerprint density at radius 2 is 2.03 bits per heavy atom. The molecular weight excluding hydrogens is 408 g/mol. The van der Waals surface area contributed by atoms with E-state index in [1.807, 2.05) is 19.1 Å². The van der Waals surface area contributed by atoms with Crippen molar-refractivity contribution >= 4 is 17.5 Å². The fraction of sp³-hybridized carbons (Fsp3) is 0.375. The number of ether oxygens (including phenoxy) is 1. The second kappa shape index (κ2) is 7.93. The highest BCUT2D eigenvalue weighted by atomic mass is 16.5. The minimum absolute atomic E-state index is 0.116. The summed E-state index contributed by atoms with van der Waals surface area (Å²) in [5, 5.41) is 23.1. The Hall–Kier alpha value is -3.41. The predicted molar refractivity (Wildman–Crippen MR) is 118 cm³/mol. The molecule has 2 aliphatic heterocycles. The third kappa shape index (κ3) is 3.13. The largest absolute Gasteiger partial charge is 0.496 e. The maximum Gasteiger partial charge on any atom is 0.254 e. The van der Waals surface area contributed by atoms with Crippen LogP contribution >= 0.6 is 0 Å². The summed E-state index contributed by atoms with van der Waals surface area (Å²) < 4.78 is 5.66. The van der Waals surface area contributed by atoms with Crippen LogP contribution in [0, 0.1) is 18.3 Å². The maximum absolute atomic E-state index is 13.9. The Bertz CT molecular complexity index is 1140. The highest BCUT2D eigenvalue weighted by Crippen LogP contribution is 2.51. The second-order valence-corrected chi connectivity index (χ2v) is 8.53. The van der Waals surface area contributed by atoms with Gasteiger partial charge in [-0.2, -0.15) is 5.26 Å². The van der Waals surface area contributed by atoms with Gasteiger partial charge in [-0.15, -0.1) is 0 Å². The van der Waals surface area contributed by atoms with Gasteiger partial charge < -0.3 is 20.1 Å². The van der Waals surface area contributed by atoms with Crippen molar-refractivity contribution in [1.82, 2.24) is 9.80 Å². The SMILES string of the molecule is COc1ccc(C)cc1C1(N2C[C@H](O)C[C@H]2C(=O)N(C)C)C(=O)Nc2ccc(C#N)cc21. The number of benzene rings is 2. The fourth-order valence-electron chi connectivity index (χ4n) is 4.89. The van der Waals surface area contributed by atoms with Gasteiger partial charge in [-0.25, -0.2) is 0 Å². The van der Waals surface area contributed by atoms with Gasteiger partial charge in [0.05, 0.1) is 30.9 Å². The van der Waals surface area contributed by atoms with E-state index in [1.165, 1.54) is 12.0 Å². The topological polar surface area (TPSA) is 106 Å². The van der Waals surface area contributed by atoms with Gasteiger partial charge in [-0.05, 0) is 43.7 Å². The normalized spacial score (nSPS) is 24.6. The van der Waals surface area contributed by atoms with Crippen LogP contribution < -0.4 is 10.1 Å². The number of nitrogens with zero attached hydrogens (tertiary/aromatic N) is 3. The summed E-state index contributed by atoms with van der Waals surface area (Å²) in [6.45, 7) is 2.03. The molecule has 2 heterocycles. The van der Waals surface area contributed by atoms with Crippen LogP contribution in [0.15, 0.2) is 36.4 Å². The Morgan fingerprint density at radius 1 is 1.28 bits per heavy atom. The molecule has 0 saturated carbocycles. The molecule has 2 aromatic rings. The number of likely N-dealkylation sites (tertiary alicyclic amines) is 1. The highest BCUT2D eigenvalue weighted by molar-refractivity contribution is 6.09. The van der Waals surface area contributed by atoms with Crippen molar-refractivity contribution in [2.45, 2.75) is 31.0 Å². The molecule has 0 spiro atoms. The number of hydrogen-bond donors (Lipinski definition) is 2. The number of nitrogens with one attached hydrogen (secondary N) is 1. The van der Waals surface area contributed by atoms with Gasteiger partial charge in [-0.1, -0.05) is 11.6 Å². The van der Waals surface area contributed by atoms with E-state index in [2.05, 4.69) is 11.4 Å². The molecule has 0 bridgehead atoms. The molecule has 32 heavy (non-hydrogen) atoms. The minimum Gasteiger partial charge on any atom is -0.496 e. The number of rotatable bonds is 4. The third-order valence-electron chi connectivity index (χ3n) is 6.30. The van der Waals surface area contributed by atoms with E-state index >= 15 is 0 Å². The molecule has 1 fully saturated rings. The number of fused-ring (bicyclic) bond motifs is 1. The third-order valence-corrected chi connectivity index (χ3v) is 6.30. The molecule has 166 valence electrons. The number of aliphatic hydroxyl groups excluding tert-OH is 1. The summed E-state index contributed by atoms with van der Waals surface area (Å²) >= 11 is 0. The number of β-amino-alcohol motifs (C(OH)–C–C–N with tert-alkyl or cyclic N) is 1. The van der Waals surface area contributed by atoms with E-state index in [0.29, 0.717) is 28.1 Å². The molecule has 2 aromatic carbocycles. The van der Waals surface area contributed by atoms with Crippen LogP contribution in [-0.2, 0) is 15.1 Å². The zero-order valence-corrected chi connectivity index (χ0v) is 18.5. The quantitative estimate of drug-likeness (QED) is 0.757. The van der Waals surface area contributed by atoms with Gasteiger partial charge >= 0.3 is 0 Å². The molecule has 2 amide bonds. The first kappa shape index (κ1) is 21.8. The summed E-state index contributed by atoms with van der Waals surface area (Å²) in [5.74, 6) is -0.0687. The first-order chi connectivity index (χ1) is 15.2. The smallest absolute Gasteiger partial charge is 0.254 e. The predicted octanol–water partition coefficient (Wildman–Crippen LogP) is 1.59. The Balaban J connectivity index is 2.07. The van der Waals surface area contributed by atoms with Crippen LogP contribution in [0.2, 0.25) is 0 Å². The van der Waals surface area contributed by atoms with E-state index in [-0.39, 0.29) is 24.8 Å².